The van der Waals surface area contributed by atoms with Gasteiger partial charge in [-0.1, -0.05) is 6.92 Å². The van der Waals surface area contributed by atoms with Gasteiger partial charge in [0.2, 0.25) is 0 Å². The molecule has 0 heterocycles. The van der Waals surface area contributed by atoms with Gasteiger partial charge in [-0.25, -0.2) is 8.78 Å². The Bertz CT molecular complexity index is 381. The highest BCUT2D eigenvalue weighted by atomic mass is 19.1. The van der Waals surface area contributed by atoms with E-state index in [2.05, 4.69) is 4.74 Å². The summed E-state index contributed by atoms with van der Waals surface area (Å²) in [7, 11) is 1.30. The van der Waals surface area contributed by atoms with Crippen LogP contribution in [0.2, 0.25) is 0 Å². The Morgan fingerprint density at radius 3 is 2.31 bits per heavy atom. The van der Waals surface area contributed by atoms with E-state index in [1.165, 1.54) is 14.0 Å². The van der Waals surface area contributed by atoms with Gasteiger partial charge < -0.3 is 9.84 Å². The summed E-state index contributed by atoms with van der Waals surface area (Å²) in [6.07, 6.45) is -0.184. The number of rotatable bonds is 4. The number of methoxy groups -OCH3 is 1. The molecule has 0 aromatic heterocycles. The molecule has 0 saturated carbocycles. The lowest BCUT2D eigenvalue weighted by molar-refractivity contribution is -0.141. The minimum atomic E-state index is -1.09. The molecule has 1 aromatic rings. The molecule has 1 unspecified atom stereocenters. The zero-order valence-electron chi connectivity index (χ0n) is 8.96. The van der Waals surface area contributed by atoms with Crippen LogP contribution in [0.4, 0.5) is 8.78 Å². The monoisotopic (exact) mass is 230 g/mol. The number of benzene rings is 1. The highest BCUT2D eigenvalue weighted by molar-refractivity contribution is 5.69. The first-order chi connectivity index (χ1) is 7.45. The van der Waals surface area contributed by atoms with Crippen molar-refractivity contribution in [3.8, 4) is 5.75 Å². The summed E-state index contributed by atoms with van der Waals surface area (Å²) < 4.78 is 31.5. The summed E-state index contributed by atoms with van der Waals surface area (Å²) in [5.74, 6) is -3.43. The van der Waals surface area contributed by atoms with Gasteiger partial charge in [0.1, 0.15) is 17.4 Å². The number of carboxylic acids is 1. The van der Waals surface area contributed by atoms with E-state index in [0.29, 0.717) is 0 Å². The first-order valence-electron chi connectivity index (χ1n) is 4.70. The molecule has 5 heteroatoms. The van der Waals surface area contributed by atoms with E-state index >= 15 is 0 Å². The van der Waals surface area contributed by atoms with Crippen LogP contribution >= 0.6 is 0 Å². The Labute approximate surface area is 91.7 Å². The molecule has 1 atom stereocenters. The molecule has 0 saturated heterocycles. The maximum atomic E-state index is 13.4. The predicted molar refractivity (Wildman–Crippen MR) is 53.4 cm³/mol. The topological polar surface area (TPSA) is 46.5 Å². The third-order valence-corrected chi connectivity index (χ3v) is 2.28. The fourth-order valence-electron chi connectivity index (χ4n) is 1.29. The van der Waals surface area contributed by atoms with Gasteiger partial charge in [0.15, 0.2) is 0 Å². The molecule has 0 bridgehead atoms. The van der Waals surface area contributed by atoms with E-state index in [-0.39, 0.29) is 17.7 Å². The summed E-state index contributed by atoms with van der Waals surface area (Å²) in [6, 6.07) is 2.07. The summed E-state index contributed by atoms with van der Waals surface area (Å²) in [5, 5.41) is 8.66. The van der Waals surface area contributed by atoms with Gasteiger partial charge in [0.05, 0.1) is 13.0 Å². The molecule has 0 aliphatic carbocycles. The lowest BCUT2D eigenvalue weighted by Crippen LogP contribution is -2.14. The van der Waals surface area contributed by atoms with Crippen molar-refractivity contribution in [2.24, 2.45) is 5.92 Å². The molecule has 0 aliphatic heterocycles. The number of ether oxygens (including phenoxy) is 1. The van der Waals surface area contributed by atoms with Gasteiger partial charge in [-0.3, -0.25) is 4.79 Å². The average Bonchev–Trinajstić information content (AvgIpc) is 2.22. The molecule has 3 nitrogen and oxygen atoms in total. The van der Waals surface area contributed by atoms with Crippen LogP contribution in [0.15, 0.2) is 12.1 Å². The van der Waals surface area contributed by atoms with Crippen LogP contribution in [0.1, 0.15) is 12.5 Å². The van der Waals surface area contributed by atoms with Gasteiger partial charge in [-0.15, -0.1) is 0 Å². The van der Waals surface area contributed by atoms with E-state index in [0.717, 1.165) is 12.1 Å². The van der Waals surface area contributed by atoms with E-state index in [1.54, 1.807) is 0 Å². The molecule has 0 spiro atoms. The fraction of sp³-hybridized carbons (Fsp3) is 0.364. The Morgan fingerprint density at radius 2 is 1.94 bits per heavy atom. The zero-order valence-corrected chi connectivity index (χ0v) is 8.96. The number of aliphatic carboxylic acids is 1. The minimum Gasteiger partial charge on any atom is -0.497 e. The summed E-state index contributed by atoms with van der Waals surface area (Å²) in [5.41, 5.74) is -0.226. The lowest BCUT2D eigenvalue weighted by atomic mass is 10.0. The molecule has 0 aliphatic rings. The normalized spacial score (nSPS) is 12.2. The predicted octanol–water partition coefficient (Wildman–Crippen LogP) is 2.24. The maximum absolute atomic E-state index is 13.4. The Balaban J connectivity index is 3.01. The molecule has 16 heavy (non-hydrogen) atoms. The van der Waals surface area contributed by atoms with Crippen molar-refractivity contribution in [2.45, 2.75) is 13.3 Å². The molecule has 88 valence electrons. The van der Waals surface area contributed by atoms with Crippen molar-refractivity contribution in [3.05, 3.63) is 29.3 Å². The van der Waals surface area contributed by atoms with Crippen molar-refractivity contribution in [2.75, 3.05) is 7.11 Å². The number of hydrogen-bond donors (Lipinski definition) is 1. The van der Waals surface area contributed by atoms with Crippen LogP contribution in [0, 0.1) is 17.6 Å². The van der Waals surface area contributed by atoms with Gasteiger partial charge in [-0.2, -0.15) is 0 Å². The van der Waals surface area contributed by atoms with Crippen LogP contribution in [-0.4, -0.2) is 18.2 Å². The Kier molecular flexibility index (Phi) is 3.82. The first-order valence-corrected chi connectivity index (χ1v) is 4.70. The molecule has 1 rings (SSSR count). The smallest absolute Gasteiger partial charge is 0.306 e. The second-order valence-electron chi connectivity index (χ2n) is 3.51. The van der Waals surface area contributed by atoms with Gasteiger partial charge in [0, 0.05) is 17.7 Å². The molecule has 0 fully saturated rings. The van der Waals surface area contributed by atoms with Crippen LogP contribution in [0.25, 0.3) is 0 Å². The highest BCUT2D eigenvalue weighted by Crippen LogP contribution is 2.22. The highest BCUT2D eigenvalue weighted by Gasteiger charge is 2.18. The second-order valence-corrected chi connectivity index (χ2v) is 3.51. The van der Waals surface area contributed by atoms with Crippen molar-refractivity contribution in [1.82, 2.24) is 0 Å². The van der Waals surface area contributed by atoms with Gasteiger partial charge in [0.25, 0.3) is 0 Å². The minimum absolute atomic E-state index is 0.0710. The van der Waals surface area contributed by atoms with E-state index in [1.807, 2.05) is 0 Å². The van der Waals surface area contributed by atoms with Crippen LogP contribution < -0.4 is 4.74 Å². The largest absolute Gasteiger partial charge is 0.497 e. The third kappa shape index (κ3) is 2.68. The molecule has 0 radical (unpaired) electrons. The molecule has 0 amide bonds. The van der Waals surface area contributed by atoms with Crippen molar-refractivity contribution >= 4 is 5.97 Å². The molecular formula is C11H12F2O3. The number of hydrogen-bond acceptors (Lipinski definition) is 2. The third-order valence-electron chi connectivity index (χ3n) is 2.28. The first kappa shape index (κ1) is 12.4. The molecule has 1 N–H and O–H groups in total. The summed E-state index contributed by atoms with van der Waals surface area (Å²) in [6.45, 7) is 1.39. The van der Waals surface area contributed by atoms with Crippen molar-refractivity contribution < 1.29 is 23.4 Å². The number of halogens is 2. The maximum Gasteiger partial charge on any atom is 0.306 e. The van der Waals surface area contributed by atoms with Gasteiger partial charge in [-0.05, 0) is 6.42 Å². The van der Waals surface area contributed by atoms with E-state index < -0.39 is 23.5 Å². The lowest BCUT2D eigenvalue weighted by Gasteiger charge is -2.10. The van der Waals surface area contributed by atoms with Crippen molar-refractivity contribution in [3.63, 3.8) is 0 Å². The van der Waals surface area contributed by atoms with Crippen molar-refractivity contribution in [1.29, 1.82) is 0 Å². The van der Waals surface area contributed by atoms with Crippen LogP contribution in [-0.2, 0) is 11.2 Å². The Hall–Kier alpha value is -1.65. The number of carbonyl (C=O) groups is 1. The van der Waals surface area contributed by atoms with E-state index in [9.17, 15) is 13.6 Å². The SMILES string of the molecule is COc1cc(F)c(CC(C)C(=O)O)c(F)c1. The number of carboxylic acid groups (broad SMARTS) is 1. The second kappa shape index (κ2) is 4.92. The van der Waals surface area contributed by atoms with Crippen LogP contribution in [0.5, 0.6) is 5.75 Å². The Morgan fingerprint density at radius 1 is 1.44 bits per heavy atom. The quantitative estimate of drug-likeness (QED) is 0.862. The van der Waals surface area contributed by atoms with Crippen LogP contribution in [0.3, 0.4) is 0 Å². The van der Waals surface area contributed by atoms with Gasteiger partial charge >= 0.3 is 5.97 Å². The zero-order chi connectivity index (χ0) is 12.3. The summed E-state index contributed by atoms with van der Waals surface area (Å²) in [4.78, 5) is 10.6. The van der Waals surface area contributed by atoms with E-state index in [4.69, 9.17) is 5.11 Å². The standard InChI is InChI=1S/C11H12F2O3/c1-6(11(14)15)3-8-9(12)4-7(16-2)5-10(8)13/h4-6H,3H2,1-2H3,(H,14,15). The molecule has 1 aromatic carbocycles. The summed E-state index contributed by atoms with van der Waals surface area (Å²) >= 11 is 0. The fourth-order valence-corrected chi connectivity index (χ4v) is 1.29. The average molecular weight is 230 g/mol. The molecular weight excluding hydrogens is 218 g/mol.